The summed E-state index contributed by atoms with van der Waals surface area (Å²) in [7, 11) is 0. The van der Waals surface area contributed by atoms with Crippen LogP contribution in [0, 0.1) is 5.92 Å². The van der Waals surface area contributed by atoms with Crippen LogP contribution in [-0.4, -0.2) is 19.8 Å². The highest BCUT2D eigenvalue weighted by Gasteiger charge is 2.02. The van der Waals surface area contributed by atoms with E-state index in [-0.39, 0.29) is 0 Å². The van der Waals surface area contributed by atoms with Crippen molar-refractivity contribution < 1.29 is 9.47 Å². The average Bonchev–Trinajstić information content (AvgIpc) is 2.42. The molecular weight excluding hydrogens is 236 g/mol. The van der Waals surface area contributed by atoms with Crippen LogP contribution in [0.1, 0.15) is 52.0 Å². The molecule has 0 amide bonds. The van der Waals surface area contributed by atoms with Gasteiger partial charge in [0.05, 0.1) is 6.61 Å². The molecule has 0 fully saturated rings. The summed E-state index contributed by atoms with van der Waals surface area (Å²) < 4.78 is 11.2. The highest BCUT2D eigenvalue weighted by molar-refractivity contribution is 5.29. The molecule has 0 spiro atoms. The normalized spacial score (nSPS) is 12.7. The molecule has 2 nitrogen and oxygen atoms in total. The van der Waals surface area contributed by atoms with Gasteiger partial charge in [-0.15, -0.1) is 0 Å². The molecule has 0 saturated carbocycles. The summed E-state index contributed by atoms with van der Waals surface area (Å²) in [5.41, 5.74) is 1.38. The van der Waals surface area contributed by atoms with Crippen LogP contribution in [0.3, 0.4) is 0 Å². The maximum Gasteiger partial charge on any atom is 0.119 e. The molecule has 1 aromatic carbocycles. The van der Waals surface area contributed by atoms with Crippen molar-refractivity contribution in [2.45, 2.75) is 46.5 Å². The van der Waals surface area contributed by atoms with Gasteiger partial charge in [0.2, 0.25) is 0 Å². The number of hydrogen-bond acceptors (Lipinski definition) is 2. The van der Waals surface area contributed by atoms with Crippen molar-refractivity contribution in [2.24, 2.45) is 5.92 Å². The molecule has 1 aromatic rings. The first kappa shape index (κ1) is 16.0. The van der Waals surface area contributed by atoms with Crippen LogP contribution in [-0.2, 0) is 4.74 Å². The molecule has 0 saturated heterocycles. The van der Waals surface area contributed by atoms with E-state index in [1.54, 1.807) is 0 Å². The Morgan fingerprint density at radius 2 is 1.63 bits per heavy atom. The number of ether oxygens (including phenoxy) is 2. The molecule has 108 valence electrons. The van der Waals surface area contributed by atoms with E-state index in [1.807, 2.05) is 0 Å². The summed E-state index contributed by atoms with van der Waals surface area (Å²) in [5.74, 6) is 2.25. The van der Waals surface area contributed by atoms with E-state index in [2.05, 4.69) is 52.0 Å². The van der Waals surface area contributed by atoms with Gasteiger partial charge < -0.3 is 9.47 Å². The zero-order valence-corrected chi connectivity index (χ0v) is 12.8. The Morgan fingerprint density at radius 1 is 0.947 bits per heavy atom. The zero-order chi connectivity index (χ0) is 14.1. The molecule has 0 aliphatic heterocycles. The number of rotatable bonds is 9. The lowest BCUT2D eigenvalue weighted by molar-refractivity contribution is 0.0926. The van der Waals surface area contributed by atoms with Gasteiger partial charge in [-0.1, -0.05) is 39.8 Å². The van der Waals surface area contributed by atoms with Gasteiger partial charge in [-0.05, 0) is 42.4 Å². The minimum absolute atomic E-state index is 0.619. The minimum Gasteiger partial charge on any atom is -0.491 e. The fourth-order valence-corrected chi connectivity index (χ4v) is 1.77. The van der Waals surface area contributed by atoms with E-state index >= 15 is 0 Å². The largest absolute Gasteiger partial charge is 0.491 e. The highest BCUT2D eigenvalue weighted by atomic mass is 16.5. The van der Waals surface area contributed by atoms with Gasteiger partial charge in [-0.25, -0.2) is 0 Å². The Kier molecular flexibility index (Phi) is 7.57. The van der Waals surface area contributed by atoms with Gasteiger partial charge >= 0.3 is 0 Å². The van der Waals surface area contributed by atoms with Gasteiger partial charge in [0.25, 0.3) is 0 Å². The molecule has 1 atom stereocenters. The molecule has 2 heteroatoms. The standard InChI is InChI=1S/C17H28O2/c1-5-15(4)16-6-8-17(9-7-16)19-13-12-18-11-10-14(2)3/h6-9,14-15H,5,10-13H2,1-4H3. The van der Waals surface area contributed by atoms with E-state index in [9.17, 15) is 0 Å². The van der Waals surface area contributed by atoms with Crippen molar-refractivity contribution in [1.82, 2.24) is 0 Å². The van der Waals surface area contributed by atoms with E-state index < -0.39 is 0 Å². The lowest BCUT2D eigenvalue weighted by Crippen LogP contribution is -2.08. The van der Waals surface area contributed by atoms with E-state index in [4.69, 9.17) is 9.47 Å². The van der Waals surface area contributed by atoms with Crippen LogP contribution >= 0.6 is 0 Å². The summed E-state index contributed by atoms with van der Waals surface area (Å²) in [5, 5.41) is 0. The molecule has 0 aliphatic rings. The Morgan fingerprint density at radius 3 is 2.21 bits per heavy atom. The molecule has 0 N–H and O–H groups in total. The van der Waals surface area contributed by atoms with Gasteiger partial charge in [0.1, 0.15) is 12.4 Å². The molecule has 0 aromatic heterocycles. The van der Waals surface area contributed by atoms with Gasteiger partial charge in [0.15, 0.2) is 0 Å². The third-order valence-electron chi connectivity index (χ3n) is 3.40. The highest BCUT2D eigenvalue weighted by Crippen LogP contribution is 2.21. The predicted octanol–water partition coefficient (Wildman–Crippen LogP) is 4.64. The maximum atomic E-state index is 5.66. The van der Waals surface area contributed by atoms with Gasteiger partial charge in [-0.2, -0.15) is 0 Å². The second kappa shape index (κ2) is 8.98. The Labute approximate surface area is 118 Å². The first-order chi connectivity index (χ1) is 9.13. The summed E-state index contributed by atoms with van der Waals surface area (Å²) in [4.78, 5) is 0. The predicted molar refractivity (Wildman–Crippen MR) is 80.9 cm³/mol. The lowest BCUT2D eigenvalue weighted by atomic mass is 9.99. The van der Waals surface area contributed by atoms with E-state index in [0.29, 0.717) is 25.0 Å². The quantitative estimate of drug-likeness (QED) is 0.605. The van der Waals surface area contributed by atoms with Crippen LogP contribution in [0.4, 0.5) is 0 Å². The first-order valence-corrected chi connectivity index (χ1v) is 7.44. The molecule has 0 radical (unpaired) electrons. The summed E-state index contributed by atoms with van der Waals surface area (Å²) in [6.07, 6.45) is 2.29. The fraction of sp³-hybridized carbons (Fsp3) is 0.647. The summed E-state index contributed by atoms with van der Waals surface area (Å²) in [6.45, 7) is 11.0. The fourth-order valence-electron chi connectivity index (χ4n) is 1.77. The van der Waals surface area contributed by atoms with Crippen molar-refractivity contribution in [2.75, 3.05) is 19.8 Å². The van der Waals surface area contributed by atoms with Crippen molar-refractivity contribution in [3.8, 4) is 5.75 Å². The first-order valence-electron chi connectivity index (χ1n) is 7.44. The van der Waals surface area contributed by atoms with Crippen LogP contribution in [0.5, 0.6) is 5.75 Å². The molecule has 0 bridgehead atoms. The van der Waals surface area contributed by atoms with Crippen molar-refractivity contribution in [1.29, 1.82) is 0 Å². The Hall–Kier alpha value is -1.02. The third-order valence-corrected chi connectivity index (χ3v) is 3.40. The van der Waals surface area contributed by atoms with Gasteiger partial charge in [0, 0.05) is 6.61 Å². The molecule has 19 heavy (non-hydrogen) atoms. The molecule has 0 heterocycles. The van der Waals surface area contributed by atoms with E-state index in [0.717, 1.165) is 18.8 Å². The molecular formula is C17H28O2. The summed E-state index contributed by atoms with van der Waals surface area (Å²) >= 11 is 0. The number of hydrogen-bond donors (Lipinski definition) is 0. The topological polar surface area (TPSA) is 18.5 Å². The summed E-state index contributed by atoms with van der Waals surface area (Å²) in [6, 6.07) is 8.41. The van der Waals surface area contributed by atoms with Crippen molar-refractivity contribution in [3.05, 3.63) is 29.8 Å². The SMILES string of the molecule is CCC(C)c1ccc(OCCOCCC(C)C)cc1. The van der Waals surface area contributed by atoms with Crippen LogP contribution in [0.25, 0.3) is 0 Å². The second-order valence-electron chi connectivity index (χ2n) is 5.52. The van der Waals surface area contributed by atoms with Crippen LogP contribution < -0.4 is 4.74 Å². The molecule has 1 unspecified atom stereocenters. The molecule has 1 rings (SSSR count). The van der Waals surface area contributed by atoms with Crippen LogP contribution in [0.15, 0.2) is 24.3 Å². The van der Waals surface area contributed by atoms with Crippen molar-refractivity contribution in [3.63, 3.8) is 0 Å². The minimum atomic E-state index is 0.619. The average molecular weight is 264 g/mol. The maximum absolute atomic E-state index is 5.66. The second-order valence-corrected chi connectivity index (χ2v) is 5.52. The third kappa shape index (κ3) is 6.63. The van der Waals surface area contributed by atoms with Crippen LogP contribution in [0.2, 0.25) is 0 Å². The van der Waals surface area contributed by atoms with Gasteiger partial charge in [-0.3, -0.25) is 0 Å². The van der Waals surface area contributed by atoms with Crippen molar-refractivity contribution >= 4 is 0 Å². The number of benzene rings is 1. The lowest BCUT2D eigenvalue weighted by Gasteiger charge is -2.11. The Bertz CT molecular complexity index is 330. The zero-order valence-electron chi connectivity index (χ0n) is 12.8. The van der Waals surface area contributed by atoms with E-state index in [1.165, 1.54) is 12.0 Å². The smallest absolute Gasteiger partial charge is 0.119 e. The Balaban J connectivity index is 2.19. The monoisotopic (exact) mass is 264 g/mol. The molecule has 0 aliphatic carbocycles.